The summed E-state index contributed by atoms with van der Waals surface area (Å²) in [5, 5.41) is 3.62. The molecule has 0 aliphatic heterocycles. The second-order valence-corrected chi connectivity index (χ2v) is 6.32. The molecule has 1 aliphatic rings. The van der Waals surface area contributed by atoms with Gasteiger partial charge in [0.05, 0.1) is 0 Å². The Labute approximate surface area is 123 Å². The normalized spacial score (nSPS) is 16.6. The van der Waals surface area contributed by atoms with Crippen LogP contribution in [0.3, 0.4) is 0 Å². The first-order valence-electron chi connectivity index (χ1n) is 8.13. The summed E-state index contributed by atoms with van der Waals surface area (Å²) in [6.45, 7) is 8.28. The van der Waals surface area contributed by atoms with E-state index in [2.05, 4.69) is 44.3 Å². The first-order valence-corrected chi connectivity index (χ1v) is 8.13. The van der Waals surface area contributed by atoms with E-state index in [1.807, 2.05) is 0 Å². The SMILES string of the molecule is Cc1ccc(C(C)C)cc1OCCNC1CCCCC1. The first kappa shape index (κ1) is 15.4. The highest BCUT2D eigenvalue weighted by Gasteiger charge is 2.12. The summed E-state index contributed by atoms with van der Waals surface area (Å²) in [6, 6.07) is 7.28. The number of benzene rings is 1. The van der Waals surface area contributed by atoms with Crippen molar-refractivity contribution in [1.29, 1.82) is 0 Å². The van der Waals surface area contributed by atoms with E-state index in [4.69, 9.17) is 4.74 Å². The van der Waals surface area contributed by atoms with Crippen molar-refractivity contribution in [2.75, 3.05) is 13.2 Å². The number of hydrogen-bond donors (Lipinski definition) is 1. The van der Waals surface area contributed by atoms with Gasteiger partial charge in [-0.25, -0.2) is 0 Å². The van der Waals surface area contributed by atoms with Gasteiger partial charge in [0.1, 0.15) is 12.4 Å². The van der Waals surface area contributed by atoms with Crippen molar-refractivity contribution in [2.24, 2.45) is 0 Å². The molecule has 2 rings (SSSR count). The zero-order chi connectivity index (χ0) is 14.4. The molecular weight excluding hydrogens is 246 g/mol. The van der Waals surface area contributed by atoms with E-state index in [1.54, 1.807) is 0 Å². The molecule has 1 N–H and O–H groups in total. The van der Waals surface area contributed by atoms with E-state index in [9.17, 15) is 0 Å². The van der Waals surface area contributed by atoms with Crippen LogP contribution in [0.1, 0.15) is 63.0 Å². The van der Waals surface area contributed by atoms with E-state index in [-0.39, 0.29) is 0 Å². The maximum atomic E-state index is 5.96. The Hall–Kier alpha value is -1.02. The Morgan fingerprint density at radius 2 is 1.95 bits per heavy atom. The number of ether oxygens (including phenoxy) is 1. The van der Waals surface area contributed by atoms with Crippen molar-refractivity contribution < 1.29 is 4.74 Å². The molecule has 1 aromatic carbocycles. The van der Waals surface area contributed by atoms with E-state index < -0.39 is 0 Å². The van der Waals surface area contributed by atoms with E-state index >= 15 is 0 Å². The van der Waals surface area contributed by atoms with Crippen LogP contribution in [0, 0.1) is 6.92 Å². The van der Waals surface area contributed by atoms with Crippen molar-refractivity contribution in [1.82, 2.24) is 5.32 Å². The van der Waals surface area contributed by atoms with Gasteiger partial charge in [-0.1, -0.05) is 45.2 Å². The topological polar surface area (TPSA) is 21.3 Å². The van der Waals surface area contributed by atoms with Gasteiger partial charge in [0.15, 0.2) is 0 Å². The number of rotatable bonds is 6. The van der Waals surface area contributed by atoms with Gasteiger partial charge in [0, 0.05) is 12.6 Å². The smallest absolute Gasteiger partial charge is 0.122 e. The molecule has 0 atom stereocenters. The monoisotopic (exact) mass is 275 g/mol. The maximum Gasteiger partial charge on any atom is 0.122 e. The lowest BCUT2D eigenvalue weighted by atomic mass is 9.96. The summed E-state index contributed by atoms with van der Waals surface area (Å²) in [7, 11) is 0. The highest BCUT2D eigenvalue weighted by Crippen LogP contribution is 2.24. The summed E-state index contributed by atoms with van der Waals surface area (Å²) < 4.78 is 5.96. The van der Waals surface area contributed by atoms with Gasteiger partial charge in [-0.05, 0) is 42.9 Å². The first-order chi connectivity index (χ1) is 9.66. The fourth-order valence-corrected chi connectivity index (χ4v) is 2.86. The largest absolute Gasteiger partial charge is 0.492 e. The molecule has 1 aromatic rings. The van der Waals surface area contributed by atoms with Crippen LogP contribution in [0.15, 0.2) is 18.2 Å². The van der Waals surface area contributed by atoms with Crippen LogP contribution in [-0.2, 0) is 0 Å². The van der Waals surface area contributed by atoms with E-state index in [0.717, 1.165) is 24.9 Å². The van der Waals surface area contributed by atoms with Crippen LogP contribution >= 0.6 is 0 Å². The fraction of sp³-hybridized carbons (Fsp3) is 0.667. The Morgan fingerprint density at radius 1 is 1.20 bits per heavy atom. The molecule has 0 saturated heterocycles. The minimum atomic E-state index is 0.554. The molecule has 0 bridgehead atoms. The minimum Gasteiger partial charge on any atom is -0.492 e. The van der Waals surface area contributed by atoms with Crippen LogP contribution < -0.4 is 10.1 Å². The van der Waals surface area contributed by atoms with Crippen molar-refractivity contribution in [2.45, 2.75) is 64.8 Å². The van der Waals surface area contributed by atoms with Gasteiger partial charge in [-0.2, -0.15) is 0 Å². The molecule has 2 nitrogen and oxygen atoms in total. The van der Waals surface area contributed by atoms with Crippen molar-refractivity contribution in [3.8, 4) is 5.75 Å². The molecule has 1 saturated carbocycles. The summed E-state index contributed by atoms with van der Waals surface area (Å²) in [6.07, 6.45) is 6.85. The van der Waals surface area contributed by atoms with Gasteiger partial charge in [-0.3, -0.25) is 0 Å². The van der Waals surface area contributed by atoms with Crippen LogP contribution in [0.4, 0.5) is 0 Å². The summed E-state index contributed by atoms with van der Waals surface area (Å²) in [5.41, 5.74) is 2.58. The highest BCUT2D eigenvalue weighted by molar-refractivity contribution is 5.37. The van der Waals surface area contributed by atoms with Gasteiger partial charge >= 0.3 is 0 Å². The molecule has 2 heteroatoms. The third-order valence-electron chi connectivity index (χ3n) is 4.28. The quantitative estimate of drug-likeness (QED) is 0.776. The number of hydrogen-bond acceptors (Lipinski definition) is 2. The van der Waals surface area contributed by atoms with Crippen molar-refractivity contribution in [3.05, 3.63) is 29.3 Å². The predicted octanol–water partition coefficient (Wildman–Crippen LogP) is 4.42. The fourth-order valence-electron chi connectivity index (χ4n) is 2.86. The third-order valence-corrected chi connectivity index (χ3v) is 4.28. The molecule has 0 spiro atoms. The van der Waals surface area contributed by atoms with Gasteiger partial charge in [0.2, 0.25) is 0 Å². The molecule has 20 heavy (non-hydrogen) atoms. The molecule has 0 amide bonds. The van der Waals surface area contributed by atoms with Crippen LogP contribution in [0.2, 0.25) is 0 Å². The Bertz CT molecular complexity index is 408. The van der Waals surface area contributed by atoms with Crippen LogP contribution in [0.5, 0.6) is 5.75 Å². The average molecular weight is 275 g/mol. The standard InChI is InChI=1S/C18H29NO/c1-14(2)16-10-9-15(3)18(13-16)20-12-11-19-17-7-5-4-6-8-17/h9-10,13-14,17,19H,4-8,11-12H2,1-3H3. The summed E-state index contributed by atoms with van der Waals surface area (Å²) in [4.78, 5) is 0. The second kappa shape index (κ2) is 7.68. The lowest BCUT2D eigenvalue weighted by Crippen LogP contribution is -2.34. The van der Waals surface area contributed by atoms with Crippen LogP contribution in [-0.4, -0.2) is 19.2 Å². The number of aryl methyl sites for hydroxylation is 1. The molecule has 0 heterocycles. The minimum absolute atomic E-state index is 0.554. The van der Waals surface area contributed by atoms with Gasteiger partial charge < -0.3 is 10.1 Å². The molecular formula is C18H29NO. The lowest BCUT2D eigenvalue weighted by Gasteiger charge is -2.23. The summed E-state index contributed by atoms with van der Waals surface area (Å²) in [5.74, 6) is 1.60. The molecule has 1 aliphatic carbocycles. The Kier molecular flexibility index (Phi) is 5.90. The van der Waals surface area contributed by atoms with Crippen molar-refractivity contribution in [3.63, 3.8) is 0 Å². The second-order valence-electron chi connectivity index (χ2n) is 6.32. The molecule has 0 radical (unpaired) electrons. The third kappa shape index (κ3) is 4.52. The molecule has 112 valence electrons. The lowest BCUT2D eigenvalue weighted by molar-refractivity contribution is 0.287. The Morgan fingerprint density at radius 3 is 2.65 bits per heavy atom. The van der Waals surface area contributed by atoms with E-state index in [1.165, 1.54) is 43.2 Å². The molecule has 0 aromatic heterocycles. The Balaban J connectivity index is 1.77. The predicted molar refractivity (Wildman–Crippen MR) is 85.6 cm³/mol. The van der Waals surface area contributed by atoms with Gasteiger partial charge in [0.25, 0.3) is 0 Å². The number of nitrogens with one attached hydrogen (secondary N) is 1. The van der Waals surface area contributed by atoms with Crippen molar-refractivity contribution >= 4 is 0 Å². The molecule has 1 fully saturated rings. The van der Waals surface area contributed by atoms with E-state index in [0.29, 0.717) is 5.92 Å². The van der Waals surface area contributed by atoms with Crippen LogP contribution in [0.25, 0.3) is 0 Å². The molecule has 0 unspecified atom stereocenters. The maximum absolute atomic E-state index is 5.96. The van der Waals surface area contributed by atoms with Gasteiger partial charge in [-0.15, -0.1) is 0 Å². The zero-order valence-corrected chi connectivity index (χ0v) is 13.2. The average Bonchev–Trinajstić information content (AvgIpc) is 2.46. The highest BCUT2D eigenvalue weighted by atomic mass is 16.5. The summed E-state index contributed by atoms with van der Waals surface area (Å²) >= 11 is 0. The zero-order valence-electron chi connectivity index (χ0n) is 13.2.